The zero-order valence-corrected chi connectivity index (χ0v) is 12.7. The fraction of sp³-hybridized carbons (Fsp3) is 0.647. The molecular weight excluding hydrogens is 232 g/mol. The van der Waals surface area contributed by atoms with E-state index in [2.05, 4.69) is 55.5 Å². The van der Waals surface area contributed by atoms with Crippen LogP contribution in [0.5, 0.6) is 0 Å². The summed E-state index contributed by atoms with van der Waals surface area (Å²) in [6.07, 6.45) is 6.74. The average Bonchev–Trinajstić information content (AvgIpc) is 2.98. The third-order valence-corrected chi connectivity index (χ3v) is 4.60. The second-order valence-electron chi connectivity index (χ2n) is 5.84. The molecule has 1 aromatic carbocycles. The molecule has 0 bridgehead atoms. The molecule has 1 N–H and O–H groups in total. The highest BCUT2D eigenvalue weighted by Crippen LogP contribution is 2.28. The molecule has 2 rings (SSSR count). The number of benzene rings is 1. The molecule has 19 heavy (non-hydrogen) atoms. The summed E-state index contributed by atoms with van der Waals surface area (Å²) in [4.78, 5) is 2.39. The molecule has 1 unspecified atom stereocenters. The van der Waals surface area contributed by atoms with Crippen molar-refractivity contribution in [2.75, 3.05) is 25.5 Å². The Morgan fingerprint density at radius 3 is 2.37 bits per heavy atom. The number of aryl methyl sites for hydroxylation is 1. The van der Waals surface area contributed by atoms with Crippen LogP contribution in [0.3, 0.4) is 0 Å². The fourth-order valence-corrected chi connectivity index (χ4v) is 3.22. The molecule has 0 heterocycles. The van der Waals surface area contributed by atoms with Crippen molar-refractivity contribution in [2.24, 2.45) is 5.92 Å². The van der Waals surface area contributed by atoms with Gasteiger partial charge in [0.25, 0.3) is 0 Å². The number of hydrogen-bond donors (Lipinski definition) is 1. The molecule has 1 aromatic rings. The summed E-state index contributed by atoms with van der Waals surface area (Å²) in [6, 6.07) is 9.62. The molecule has 0 saturated heterocycles. The van der Waals surface area contributed by atoms with Crippen LogP contribution in [0, 0.1) is 5.92 Å². The van der Waals surface area contributed by atoms with E-state index in [1.165, 1.54) is 36.9 Å². The minimum atomic E-state index is 0.623. The summed E-state index contributed by atoms with van der Waals surface area (Å²) in [5, 5.41) is 3.53. The minimum absolute atomic E-state index is 0.623. The molecule has 0 amide bonds. The maximum absolute atomic E-state index is 3.53. The monoisotopic (exact) mass is 260 g/mol. The van der Waals surface area contributed by atoms with Gasteiger partial charge in [0.2, 0.25) is 0 Å². The van der Waals surface area contributed by atoms with Gasteiger partial charge >= 0.3 is 0 Å². The summed E-state index contributed by atoms with van der Waals surface area (Å²) in [5.74, 6) is 0.863. The van der Waals surface area contributed by atoms with Crippen LogP contribution in [0.4, 0.5) is 5.69 Å². The Labute approximate surface area is 118 Å². The molecule has 0 spiro atoms. The Balaban J connectivity index is 1.95. The van der Waals surface area contributed by atoms with Gasteiger partial charge in [0.05, 0.1) is 0 Å². The van der Waals surface area contributed by atoms with Crippen molar-refractivity contribution in [1.82, 2.24) is 5.32 Å². The van der Waals surface area contributed by atoms with Gasteiger partial charge in [-0.2, -0.15) is 0 Å². The molecule has 1 fully saturated rings. The van der Waals surface area contributed by atoms with Crippen LogP contribution in [0.1, 0.15) is 38.2 Å². The number of rotatable bonds is 6. The quantitative estimate of drug-likeness (QED) is 0.842. The third kappa shape index (κ3) is 3.73. The number of anilines is 1. The summed E-state index contributed by atoms with van der Waals surface area (Å²) >= 11 is 0. The zero-order chi connectivity index (χ0) is 13.7. The topological polar surface area (TPSA) is 15.3 Å². The molecule has 0 aromatic heterocycles. The average molecular weight is 260 g/mol. The minimum Gasteiger partial charge on any atom is -0.373 e. The molecule has 2 nitrogen and oxygen atoms in total. The summed E-state index contributed by atoms with van der Waals surface area (Å²) in [6.45, 7) is 3.31. The number of hydrogen-bond acceptors (Lipinski definition) is 2. The van der Waals surface area contributed by atoms with Gasteiger partial charge in [-0.05, 0) is 49.9 Å². The van der Waals surface area contributed by atoms with Crippen LogP contribution in [-0.4, -0.2) is 26.7 Å². The van der Waals surface area contributed by atoms with Gasteiger partial charge in [0, 0.05) is 25.3 Å². The first-order valence-corrected chi connectivity index (χ1v) is 7.72. The van der Waals surface area contributed by atoms with Crippen LogP contribution in [0.2, 0.25) is 0 Å². The zero-order valence-electron chi connectivity index (χ0n) is 12.7. The van der Waals surface area contributed by atoms with E-state index in [9.17, 15) is 0 Å². The second-order valence-corrected chi connectivity index (χ2v) is 5.84. The van der Waals surface area contributed by atoms with Gasteiger partial charge in [-0.3, -0.25) is 0 Å². The van der Waals surface area contributed by atoms with E-state index in [-0.39, 0.29) is 0 Å². The van der Waals surface area contributed by atoms with Crippen molar-refractivity contribution in [2.45, 2.75) is 45.1 Å². The molecule has 1 aliphatic rings. The highest BCUT2D eigenvalue weighted by molar-refractivity contribution is 5.47. The number of nitrogens with zero attached hydrogens (tertiary/aromatic N) is 1. The molecular formula is C17H28N2. The molecule has 0 radical (unpaired) electrons. The molecule has 1 atom stereocenters. The Bertz CT molecular complexity index is 365. The van der Waals surface area contributed by atoms with Crippen molar-refractivity contribution in [3.8, 4) is 0 Å². The fourth-order valence-electron chi connectivity index (χ4n) is 3.22. The van der Waals surface area contributed by atoms with E-state index in [1.54, 1.807) is 0 Å². The normalized spacial score (nSPS) is 17.6. The standard InChI is InChI=1S/C17H28N2/c1-4-14-9-11-16(12-10-14)19(3)13-17(18-2)15-7-5-6-8-15/h9-12,15,17-18H,4-8,13H2,1-3H3. The lowest BCUT2D eigenvalue weighted by molar-refractivity contribution is 0.382. The smallest absolute Gasteiger partial charge is 0.0364 e. The maximum Gasteiger partial charge on any atom is 0.0364 e. The first-order valence-electron chi connectivity index (χ1n) is 7.72. The molecule has 106 valence electrons. The Morgan fingerprint density at radius 2 is 1.84 bits per heavy atom. The van der Waals surface area contributed by atoms with Gasteiger partial charge in [-0.25, -0.2) is 0 Å². The molecule has 1 aliphatic carbocycles. The van der Waals surface area contributed by atoms with E-state index in [1.807, 2.05) is 0 Å². The lowest BCUT2D eigenvalue weighted by atomic mass is 9.97. The van der Waals surface area contributed by atoms with E-state index >= 15 is 0 Å². The van der Waals surface area contributed by atoms with Crippen molar-refractivity contribution in [3.05, 3.63) is 29.8 Å². The molecule has 0 aliphatic heterocycles. The van der Waals surface area contributed by atoms with Crippen LogP contribution < -0.4 is 10.2 Å². The maximum atomic E-state index is 3.53. The van der Waals surface area contributed by atoms with Gasteiger partial charge in [-0.15, -0.1) is 0 Å². The summed E-state index contributed by atoms with van der Waals surface area (Å²) in [7, 11) is 4.32. The lowest BCUT2D eigenvalue weighted by Crippen LogP contribution is -2.42. The van der Waals surface area contributed by atoms with Crippen LogP contribution in [-0.2, 0) is 6.42 Å². The van der Waals surface area contributed by atoms with E-state index in [4.69, 9.17) is 0 Å². The van der Waals surface area contributed by atoms with Crippen molar-refractivity contribution in [3.63, 3.8) is 0 Å². The SMILES string of the molecule is CCc1ccc(N(C)CC(NC)C2CCCC2)cc1. The van der Waals surface area contributed by atoms with Gasteiger partial charge in [-0.1, -0.05) is 31.9 Å². The second kappa shape index (κ2) is 6.95. The predicted octanol–water partition coefficient (Wildman–Crippen LogP) is 3.46. The Morgan fingerprint density at radius 1 is 1.21 bits per heavy atom. The molecule has 1 saturated carbocycles. The summed E-state index contributed by atoms with van der Waals surface area (Å²) < 4.78 is 0. The first kappa shape index (κ1) is 14.4. The van der Waals surface area contributed by atoms with Gasteiger partial charge < -0.3 is 10.2 Å². The van der Waals surface area contributed by atoms with Crippen molar-refractivity contribution < 1.29 is 0 Å². The molecule has 2 heteroatoms. The highest BCUT2D eigenvalue weighted by Gasteiger charge is 2.24. The Kier molecular flexibility index (Phi) is 5.26. The predicted molar refractivity (Wildman–Crippen MR) is 83.9 cm³/mol. The lowest BCUT2D eigenvalue weighted by Gasteiger charge is -2.29. The van der Waals surface area contributed by atoms with Crippen LogP contribution >= 0.6 is 0 Å². The van der Waals surface area contributed by atoms with E-state index in [0.717, 1.165) is 18.9 Å². The first-order chi connectivity index (χ1) is 9.24. The third-order valence-electron chi connectivity index (χ3n) is 4.60. The highest BCUT2D eigenvalue weighted by atomic mass is 15.1. The van der Waals surface area contributed by atoms with Crippen LogP contribution in [0.25, 0.3) is 0 Å². The summed E-state index contributed by atoms with van der Waals surface area (Å²) in [5.41, 5.74) is 2.74. The number of nitrogens with one attached hydrogen (secondary N) is 1. The van der Waals surface area contributed by atoms with Gasteiger partial charge in [0.15, 0.2) is 0 Å². The number of likely N-dealkylation sites (N-methyl/N-ethyl adjacent to an activating group) is 2. The van der Waals surface area contributed by atoms with Gasteiger partial charge in [0.1, 0.15) is 0 Å². The van der Waals surface area contributed by atoms with Crippen molar-refractivity contribution in [1.29, 1.82) is 0 Å². The largest absolute Gasteiger partial charge is 0.373 e. The van der Waals surface area contributed by atoms with E-state index in [0.29, 0.717) is 6.04 Å². The van der Waals surface area contributed by atoms with Crippen LogP contribution in [0.15, 0.2) is 24.3 Å². The van der Waals surface area contributed by atoms with Crippen molar-refractivity contribution >= 4 is 5.69 Å². The van der Waals surface area contributed by atoms with E-state index < -0.39 is 0 Å². The Hall–Kier alpha value is -1.02.